The maximum atomic E-state index is 6.05. The first-order valence-corrected chi connectivity index (χ1v) is 13.5. The number of hydrogen-bond donors (Lipinski definition) is 0. The second-order valence-electron chi connectivity index (χ2n) is 9.24. The van der Waals surface area contributed by atoms with E-state index in [-0.39, 0.29) is 6.10 Å². The van der Waals surface area contributed by atoms with E-state index in [2.05, 4.69) is 31.0 Å². The van der Waals surface area contributed by atoms with Crippen LogP contribution in [0.5, 0.6) is 11.6 Å². The van der Waals surface area contributed by atoms with E-state index in [0.29, 0.717) is 12.5 Å². The van der Waals surface area contributed by atoms with Crippen molar-refractivity contribution in [3.8, 4) is 22.9 Å². The number of unbranched alkanes of at least 4 members (excludes halogenated alkanes) is 11. The molecule has 4 heteroatoms. The minimum Gasteiger partial charge on any atom is -0.491 e. The normalized spacial score (nSPS) is 12.0. The molecule has 0 aliphatic heterocycles. The van der Waals surface area contributed by atoms with Gasteiger partial charge >= 0.3 is 0 Å². The molecule has 4 nitrogen and oxygen atoms in total. The minimum absolute atomic E-state index is 0.245. The Bertz CT molecular complexity index is 715. The molecule has 1 heterocycles. The third kappa shape index (κ3) is 12.1. The van der Waals surface area contributed by atoms with Gasteiger partial charge in [-0.1, -0.05) is 84.5 Å². The van der Waals surface area contributed by atoms with Crippen molar-refractivity contribution in [2.45, 2.75) is 117 Å². The molecule has 1 aromatic heterocycles. The Kier molecular flexibility index (Phi) is 14.3. The standard InChI is InChI=1S/C29H46N2O2/c1-4-6-8-10-11-12-13-14-16-24-32-29-23-22-28(30-31-29)26-18-20-27(21-19-26)33-25(3)17-15-9-7-5-2/h18-23,25H,4-17,24H2,1-3H3. The largest absolute Gasteiger partial charge is 0.491 e. The smallest absolute Gasteiger partial charge is 0.233 e. The Labute approximate surface area is 202 Å². The van der Waals surface area contributed by atoms with Gasteiger partial charge in [-0.2, -0.15) is 0 Å². The maximum Gasteiger partial charge on any atom is 0.233 e. The fraction of sp³-hybridized carbons (Fsp3) is 0.655. The SMILES string of the molecule is CCCCCCCCCCCOc1ccc(-c2ccc(OC(C)CCCCCC)cc2)nn1. The molecule has 0 saturated carbocycles. The monoisotopic (exact) mass is 454 g/mol. The van der Waals surface area contributed by atoms with Gasteiger partial charge in [-0.25, -0.2) is 0 Å². The van der Waals surface area contributed by atoms with Crippen molar-refractivity contribution in [3.63, 3.8) is 0 Å². The molecule has 1 aromatic carbocycles. The molecule has 0 radical (unpaired) electrons. The molecule has 0 N–H and O–H groups in total. The van der Waals surface area contributed by atoms with Gasteiger partial charge in [0.25, 0.3) is 0 Å². The van der Waals surface area contributed by atoms with E-state index in [0.717, 1.165) is 29.8 Å². The van der Waals surface area contributed by atoms with Crippen LogP contribution in [-0.4, -0.2) is 22.9 Å². The summed E-state index contributed by atoms with van der Waals surface area (Å²) in [7, 11) is 0. The summed E-state index contributed by atoms with van der Waals surface area (Å²) in [6.07, 6.45) is 18.3. The summed E-state index contributed by atoms with van der Waals surface area (Å²) in [4.78, 5) is 0. The second kappa shape index (κ2) is 17.4. The van der Waals surface area contributed by atoms with Gasteiger partial charge in [0.2, 0.25) is 5.88 Å². The summed E-state index contributed by atoms with van der Waals surface area (Å²) in [5.41, 5.74) is 1.89. The Morgan fingerprint density at radius 3 is 1.88 bits per heavy atom. The van der Waals surface area contributed by atoms with Crippen LogP contribution in [0.15, 0.2) is 36.4 Å². The van der Waals surface area contributed by atoms with E-state index in [4.69, 9.17) is 9.47 Å². The summed E-state index contributed by atoms with van der Waals surface area (Å²) < 4.78 is 11.8. The van der Waals surface area contributed by atoms with Gasteiger partial charge in [-0.15, -0.1) is 10.2 Å². The highest BCUT2D eigenvalue weighted by Gasteiger charge is 2.06. The number of ether oxygens (including phenoxy) is 2. The molecule has 184 valence electrons. The lowest BCUT2D eigenvalue weighted by Crippen LogP contribution is -2.11. The number of rotatable bonds is 19. The van der Waals surface area contributed by atoms with Gasteiger partial charge in [0.1, 0.15) is 5.75 Å². The molecule has 0 aliphatic carbocycles. The molecule has 0 saturated heterocycles. The van der Waals surface area contributed by atoms with E-state index in [9.17, 15) is 0 Å². The first kappa shape index (κ1) is 27.1. The highest BCUT2D eigenvalue weighted by molar-refractivity contribution is 5.59. The summed E-state index contributed by atoms with van der Waals surface area (Å²) >= 11 is 0. The van der Waals surface area contributed by atoms with Crippen LogP contribution in [0, 0.1) is 0 Å². The number of hydrogen-bond acceptors (Lipinski definition) is 4. The first-order valence-electron chi connectivity index (χ1n) is 13.5. The molecule has 33 heavy (non-hydrogen) atoms. The molecule has 0 amide bonds. The van der Waals surface area contributed by atoms with Gasteiger partial charge in [-0.3, -0.25) is 0 Å². The molecule has 2 rings (SSSR count). The van der Waals surface area contributed by atoms with Crippen LogP contribution in [0.4, 0.5) is 0 Å². The van der Waals surface area contributed by atoms with Gasteiger partial charge in [0.05, 0.1) is 18.4 Å². The van der Waals surface area contributed by atoms with Gasteiger partial charge in [0.15, 0.2) is 0 Å². The topological polar surface area (TPSA) is 44.2 Å². The quantitative estimate of drug-likeness (QED) is 0.199. The molecular formula is C29H46N2O2. The first-order chi connectivity index (χ1) is 16.2. The van der Waals surface area contributed by atoms with Gasteiger partial charge < -0.3 is 9.47 Å². The molecule has 2 aromatic rings. The maximum absolute atomic E-state index is 6.05. The van der Waals surface area contributed by atoms with E-state index < -0.39 is 0 Å². The molecule has 1 atom stereocenters. The molecule has 1 unspecified atom stereocenters. The van der Waals surface area contributed by atoms with Crippen LogP contribution < -0.4 is 9.47 Å². The van der Waals surface area contributed by atoms with Crippen LogP contribution >= 0.6 is 0 Å². The zero-order valence-electron chi connectivity index (χ0n) is 21.4. The third-order valence-electron chi connectivity index (χ3n) is 6.09. The van der Waals surface area contributed by atoms with Crippen molar-refractivity contribution in [2.75, 3.05) is 6.61 Å². The number of benzene rings is 1. The minimum atomic E-state index is 0.245. The lowest BCUT2D eigenvalue weighted by molar-refractivity contribution is 0.206. The second-order valence-corrected chi connectivity index (χ2v) is 9.24. The van der Waals surface area contributed by atoms with Crippen molar-refractivity contribution < 1.29 is 9.47 Å². The van der Waals surface area contributed by atoms with Gasteiger partial charge in [-0.05, 0) is 56.5 Å². The summed E-state index contributed by atoms with van der Waals surface area (Å²) in [5.74, 6) is 1.52. The van der Waals surface area contributed by atoms with E-state index in [1.807, 2.05) is 36.4 Å². The summed E-state index contributed by atoms with van der Waals surface area (Å²) in [5, 5.41) is 8.59. The zero-order valence-corrected chi connectivity index (χ0v) is 21.4. The highest BCUT2D eigenvalue weighted by Crippen LogP contribution is 2.23. The molecule has 0 spiro atoms. The van der Waals surface area contributed by atoms with Crippen molar-refractivity contribution in [2.24, 2.45) is 0 Å². The van der Waals surface area contributed by atoms with Crippen LogP contribution in [0.3, 0.4) is 0 Å². The fourth-order valence-electron chi connectivity index (χ4n) is 3.99. The average molecular weight is 455 g/mol. The molecule has 0 aliphatic rings. The highest BCUT2D eigenvalue weighted by atomic mass is 16.5. The van der Waals surface area contributed by atoms with Crippen molar-refractivity contribution in [1.82, 2.24) is 10.2 Å². The third-order valence-corrected chi connectivity index (χ3v) is 6.09. The Hall–Kier alpha value is -2.10. The zero-order chi connectivity index (χ0) is 23.6. The molecule has 0 bridgehead atoms. The molecular weight excluding hydrogens is 408 g/mol. The number of aromatic nitrogens is 2. The summed E-state index contributed by atoms with van der Waals surface area (Å²) in [6, 6.07) is 12.0. The van der Waals surface area contributed by atoms with Crippen molar-refractivity contribution in [3.05, 3.63) is 36.4 Å². The number of nitrogens with zero attached hydrogens (tertiary/aromatic N) is 2. The van der Waals surface area contributed by atoms with E-state index >= 15 is 0 Å². The Balaban J connectivity index is 1.63. The van der Waals surface area contributed by atoms with Crippen LogP contribution in [0.2, 0.25) is 0 Å². The molecule has 0 fully saturated rings. The Morgan fingerprint density at radius 2 is 1.27 bits per heavy atom. The summed E-state index contributed by atoms with van der Waals surface area (Å²) in [6.45, 7) is 7.37. The van der Waals surface area contributed by atoms with Crippen LogP contribution in [-0.2, 0) is 0 Å². The van der Waals surface area contributed by atoms with E-state index in [1.165, 1.54) is 77.0 Å². The lowest BCUT2D eigenvalue weighted by Gasteiger charge is -2.15. The Morgan fingerprint density at radius 1 is 0.667 bits per heavy atom. The average Bonchev–Trinajstić information content (AvgIpc) is 2.84. The van der Waals surface area contributed by atoms with Crippen molar-refractivity contribution in [1.29, 1.82) is 0 Å². The predicted octanol–water partition coefficient (Wildman–Crippen LogP) is 8.79. The fourth-order valence-corrected chi connectivity index (χ4v) is 3.99. The van der Waals surface area contributed by atoms with Gasteiger partial charge in [0, 0.05) is 11.6 Å². The predicted molar refractivity (Wildman–Crippen MR) is 139 cm³/mol. The van der Waals surface area contributed by atoms with Crippen molar-refractivity contribution >= 4 is 0 Å². The van der Waals surface area contributed by atoms with Crippen LogP contribution in [0.25, 0.3) is 11.3 Å². The lowest BCUT2D eigenvalue weighted by atomic mass is 10.1. The van der Waals surface area contributed by atoms with Crippen LogP contribution in [0.1, 0.15) is 111 Å². The van der Waals surface area contributed by atoms with E-state index in [1.54, 1.807) is 0 Å².